The predicted octanol–water partition coefficient (Wildman–Crippen LogP) is 4.54. The van der Waals surface area contributed by atoms with Crippen LogP contribution < -0.4 is 0 Å². The van der Waals surface area contributed by atoms with Gasteiger partial charge in [-0.15, -0.1) is 0 Å². The van der Waals surface area contributed by atoms with Crippen molar-refractivity contribution in [1.29, 1.82) is 0 Å². The SMILES string of the molecule is CC1(Cc2ccc(Br)o2)CCC(Br)C1. The molecule has 1 aromatic rings. The molecule has 1 aliphatic carbocycles. The van der Waals surface area contributed by atoms with Crippen LogP contribution in [0.1, 0.15) is 31.9 Å². The molecule has 1 aromatic heterocycles. The van der Waals surface area contributed by atoms with Gasteiger partial charge < -0.3 is 4.42 Å². The third-order valence-electron chi connectivity index (χ3n) is 3.01. The van der Waals surface area contributed by atoms with E-state index in [1.807, 2.05) is 6.07 Å². The third kappa shape index (κ3) is 2.43. The van der Waals surface area contributed by atoms with Gasteiger partial charge in [0.15, 0.2) is 4.67 Å². The van der Waals surface area contributed by atoms with Crippen LogP contribution in [0, 0.1) is 5.41 Å². The quantitative estimate of drug-likeness (QED) is 0.729. The topological polar surface area (TPSA) is 13.1 Å². The van der Waals surface area contributed by atoms with Gasteiger partial charge in [-0.05, 0) is 52.7 Å². The molecular weight excluding hydrogens is 308 g/mol. The Bertz CT molecular complexity index is 321. The highest BCUT2D eigenvalue weighted by molar-refractivity contribution is 9.10. The normalized spacial score (nSPS) is 32.4. The van der Waals surface area contributed by atoms with Crippen molar-refractivity contribution in [3.8, 4) is 0 Å². The van der Waals surface area contributed by atoms with Crippen LogP contribution in [0.5, 0.6) is 0 Å². The summed E-state index contributed by atoms with van der Waals surface area (Å²) in [5.41, 5.74) is 0.422. The van der Waals surface area contributed by atoms with E-state index in [0.717, 1.165) is 16.9 Å². The van der Waals surface area contributed by atoms with E-state index in [-0.39, 0.29) is 0 Å². The minimum absolute atomic E-state index is 0.422. The van der Waals surface area contributed by atoms with Crippen LogP contribution in [-0.2, 0) is 6.42 Å². The fraction of sp³-hybridized carbons (Fsp3) is 0.636. The molecule has 78 valence electrons. The lowest BCUT2D eigenvalue weighted by molar-refractivity contribution is 0.303. The molecule has 1 aliphatic rings. The van der Waals surface area contributed by atoms with Gasteiger partial charge in [-0.3, -0.25) is 0 Å². The van der Waals surface area contributed by atoms with Crippen molar-refractivity contribution in [2.45, 2.75) is 37.4 Å². The van der Waals surface area contributed by atoms with E-state index in [4.69, 9.17) is 4.42 Å². The molecule has 0 amide bonds. The van der Waals surface area contributed by atoms with E-state index >= 15 is 0 Å². The maximum atomic E-state index is 5.55. The van der Waals surface area contributed by atoms with Crippen molar-refractivity contribution >= 4 is 31.9 Å². The summed E-state index contributed by atoms with van der Waals surface area (Å²) >= 11 is 7.03. The number of alkyl halides is 1. The summed E-state index contributed by atoms with van der Waals surface area (Å²) in [7, 11) is 0. The zero-order valence-electron chi connectivity index (χ0n) is 8.22. The van der Waals surface area contributed by atoms with Crippen LogP contribution in [0.15, 0.2) is 21.2 Å². The molecule has 0 bridgehead atoms. The summed E-state index contributed by atoms with van der Waals surface area (Å²) in [6.45, 7) is 2.35. The molecule has 2 atom stereocenters. The van der Waals surface area contributed by atoms with Gasteiger partial charge in [-0.2, -0.15) is 0 Å². The molecule has 14 heavy (non-hydrogen) atoms. The van der Waals surface area contributed by atoms with Gasteiger partial charge in [0.05, 0.1) is 0 Å². The van der Waals surface area contributed by atoms with Crippen LogP contribution in [-0.4, -0.2) is 4.83 Å². The van der Waals surface area contributed by atoms with E-state index in [1.165, 1.54) is 19.3 Å². The largest absolute Gasteiger partial charge is 0.454 e. The maximum Gasteiger partial charge on any atom is 0.169 e. The lowest BCUT2D eigenvalue weighted by Crippen LogP contribution is -2.15. The number of rotatable bonds is 2. The highest BCUT2D eigenvalue weighted by Crippen LogP contribution is 2.43. The molecule has 3 heteroatoms. The second-order valence-corrected chi connectivity index (χ2v) is 6.61. The summed E-state index contributed by atoms with van der Waals surface area (Å²) in [6.07, 6.45) is 4.89. The fourth-order valence-corrected chi connectivity index (χ4v) is 3.62. The molecule has 2 unspecified atom stereocenters. The fourth-order valence-electron chi connectivity index (χ4n) is 2.27. The van der Waals surface area contributed by atoms with Crippen LogP contribution in [0.2, 0.25) is 0 Å². The Morgan fingerprint density at radius 1 is 1.57 bits per heavy atom. The number of furan rings is 1. The standard InChI is InChI=1S/C11H14Br2O/c1-11(5-4-8(12)6-11)7-9-2-3-10(13)14-9/h2-3,8H,4-7H2,1H3. The average Bonchev–Trinajstić information content (AvgIpc) is 2.60. The molecule has 2 rings (SSSR count). The van der Waals surface area contributed by atoms with E-state index in [1.54, 1.807) is 0 Å². The Labute approximate surface area is 102 Å². The van der Waals surface area contributed by atoms with E-state index in [9.17, 15) is 0 Å². The lowest BCUT2D eigenvalue weighted by Gasteiger charge is -2.21. The monoisotopic (exact) mass is 320 g/mol. The van der Waals surface area contributed by atoms with Crippen molar-refractivity contribution < 1.29 is 4.42 Å². The molecule has 1 saturated carbocycles. The molecule has 0 saturated heterocycles. The first-order chi connectivity index (χ1) is 6.57. The highest BCUT2D eigenvalue weighted by Gasteiger charge is 2.34. The first-order valence-corrected chi connectivity index (χ1v) is 6.67. The second kappa shape index (κ2) is 4.01. The van der Waals surface area contributed by atoms with Crippen LogP contribution in [0.3, 0.4) is 0 Å². The van der Waals surface area contributed by atoms with Crippen molar-refractivity contribution in [3.05, 3.63) is 22.6 Å². The molecule has 0 spiro atoms. The van der Waals surface area contributed by atoms with Crippen molar-refractivity contribution in [1.82, 2.24) is 0 Å². The van der Waals surface area contributed by atoms with Gasteiger partial charge >= 0.3 is 0 Å². The van der Waals surface area contributed by atoms with E-state index in [2.05, 4.69) is 44.8 Å². The lowest BCUT2D eigenvalue weighted by atomic mass is 9.84. The van der Waals surface area contributed by atoms with Crippen LogP contribution in [0.25, 0.3) is 0 Å². The molecule has 1 heterocycles. The third-order valence-corrected chi connectivity index (χ3v) is 4.21. The van der Waals surface area contributed by atoms with Crippen molar-refractivity contribution in [2.75, 3.05) is 0 Å². The molecule has 0 N–H and O–H groups in total. The predicted molar refractivity (Wildman–Crippen MR) is 64.8 cm³/mol. The van der Waals surface area contributed by atoms with Gasteiger partial charge in [-0.25, -0.2) is 0 Å². The van der Waals surface area contributed by atoms with Crippen molar-refractivity contribution in [2.24, 2.45) is 5.41 Å². The number of halogens is 2. The zero-order chi connectivity index (χ0) is 10.2. The van der Waals surface area contributed by atoms with Gasteiger partial charge in [0, 0.05) is 11.2 Å². The molecular formula is C11H14Br2O. The first kappa shape index (κ1) is 10.7. The Hall–Kier alpha value is 0.240. The zero-order valence-corrected chi connectivity index (χ0v) is 11.4. The molecule has 0 aromatic carbocycles. The molecule has 0 aliphatic heterocycles. The second-order valence-electron chi connectivity index (χ2n) is 4.53. The summed E-state index contributed by atoms with van der Waals surface area (Å²) < 4.78 is 6.38. The number of hydrogen-bond donors (Lipinski definition) is 0. The Morgan fingerprint density at radius 2 is 2.36 bits per heavy atom. The summed E-state index contributed by atoms with van der Waals surface area (Å²) in [5, 5.41) is 0. The summed E-state index contributed by atoms with van der Waals surface area (Å²) in [4.78, 5) is 0.700. The van der Waals surface area contributed by atoms with E-state index < -0.39 is 0 Å². The minimum Gasteiger partial charge on any atom is -0.454 e. The summed E-state index contributed by atoms with van der Waals surface area (Å²) in [5.74, 6) is 1.10. The smallest absolute Gasteiger partial charge is 0.169 e. The summed E-state index contributed by atoms with van der Waals surface area (Å²) in [6, 6.07) is 4.04. The van der Waals surface area contributed by atoms with Crippen LogP contribution >= 0.6 is 31.9 Å². The first-order valence-electron chi connectivity index (χ1n) is 4.96. The Kier molecular flexibility index (Phi) is 3.08. The van der Waals surface area contributed by atoms with Crippen LogP contribution in [0.4, 0.5) is 0 Å². The Morgan fingerprint density at radius 3 is 2.86 bits per heavy atom. The maximum absolute atomic E-state index is 5.55. The molecule has 1 nitrogen and oxygen atoms in total. The van der Waals surface area contributed by atoms with Gasteiger partial charge in [0.2, 0.25) is 0 Å². The highest BCUT2D eigenvalue weighted by atomic mass is 79.9. The molecule has 0 radical (unpaired) electrons. The Balaban J connectivity index is 2.03. The van der Waals surface area contributed by atoms with Gasteiger partial charge in [-0.1, -0.05) is 22.9 Å². The van der Waals surface area contributed by atoms with Crippen molar-refractivity contribution in [3.63, 3.8) is 0 Å². The van der Waals surface area contributed by atoms with Gasteiger partial charge in [0.1, 0.15) is 5.76 Å². The number of hydrogen-bond acceptors (Lipinski definition) is 1. The van der Waals surface area contributed by atoms with Gasteiger partial charge in [0.25, 0.3) is 0 Å². The minimum atomic E-state index is 0.422. The average molecular weight is 322 g/mol. The molecule has 1 fully saturated rings. The van der Waals surface area contributed by atoms with E-state index in [0.29, 0.717) is 10.2 Å².